The maximum Gasteiger partial charge on any atom is 0.338 e. The number of aromatic nitrogens is 2. The fraction of sp³-hybridized carbons (Fsp3) is 0.312. The van der Waals surface area contributed by atoms with Gasteiger partial charge in [-0.25, -0.2) is 4.79 Å². The third kappa shape index (κ3) is 2.92. The first-order valence-corrected chi connectivity index (χ1v) is 8.63. The molecule has 8 nitrogen and oxygen atoms in total. The molecule has 4 atom stereocenters. The molecule has 1 aromatic carbocycles. The number of nitrogens with zero attached hydrogens (tertiary/aromatic N) is 2. The Morgan fingerprint density at radius 2 is 2.12 bits per heavy atom. The van der Waals surface area contributed by atoms with Crippen LogP contribution in [0.25, 0.3) is 0 Å². The van der Waals surface area contributed by atoms with Crippen molar-refractivity contribution in [1.29, 1.82) is 0 Å². The molecule has 9 heteroatoms. The summed E-state index contributed by atoms with van der Waals surface area (Å²) in [6, 6.07) is 8.68. The van der Waals surface area contributed by atoms with E-state index in [1.807, 2.05) is 22.6 Å². The largest absolute Gasteiger partial charge is 0.459 e. The SMILES string of the molecule is O=C(OCC1OC2C(Oc3nc(=O)c(I)cn32)C1O)c1ccccc1. The lowest BCUT2D eigenvalue weighted by Gasteiger charge is -2.17. The molecule has 0 bridgehead atoms. The van der Waals surface area contributed by atoms with E-state index >= 15 is 0 Å². The minimum atomic E-state index is -1.01. The van der Waals surface area contributed by atoms with Crippen LogP contribution in [-0.2, 0) is 9.47 Å². The van der Waals surface area contributed by atoms with Gasteiger partial charge in [-0.1, -0.05) is 18.2 Å². The van der Waals surface area contributed by atoms with Crippen molar-refractivity contribution in [2.24, 2.45) is 0 Å². The molecule has 1 aromatic heterocycles. The van der Waals surface area contributed by atoms with E-state index in [1.54, 1.807) is 41.1 Å². The van der Waals surface area contributed by atoms with Gasteiger partial charge in [-0.05, 0) is 34.7 Å². The Morgan fingerprint density at radius 1 is 1.36 bits per heavy atom. The van der Waals surface area contributed by atoms with Crippen LogP contribution >= 0.6 is 22.6 Å². The Kier molecular flexibility index (Phi) is 4.21. The van der Waals surface area contributed by atoms with Crippen LogP contribution in [0.2, 0.25) is 0 Å². The normalized spacial score (nSPS) is 26.6. The van der Waals surface area contributed by atoms with Crippen LogP contribution in [0.15, 0.2) is 41.3 Å². The molecular formula is C16H13IN2O6. The third-order valence-electron chi connectivity index (χ3n) is 4.09. The number of esters is 1. The molecule has 3 heterocycles. The lowest BCUT2D eigenvalue weighted by Crippen LogP contribution is -2.36. The van der Waals surface area contributed by atoms with Gasteiger partial charge in [0.15, 0.2) is 12.3 Å². The van der Waals surface area contributed by atoms with Crippen LogP contribution in [0.1, 0.15) is 16.6 Å². The zero-order chi connectivity index (χ0) is 17.6. The van der Waals surface area contributed by atoms with E-state index in [1.165, 1.54) is 0 Å². The maximum absolute atomic E-state index is 12.0. The maximum atomic E-state index is 12.0. The van der Waals surface area contributed by atoms with Crippen LogP contribution in [0.3, 0.4) is 0 Å². The summed E-state index contributed by atoms with van der Waals surface area (Å²) in [4.78, 5) is 27.4. The first kappa shape index (κ1) is 16.5. The highest BCUT2D eigenvalue weighted by Crippen LogP contribution is 2.39. The smallest absolute Gasteiger partial charge is 0.338 e. The topological polar surface area (TPSA) is 99.9 Å². The van der Waals surface area contributed by atoms with Gasteiger partial charge >= 0.3 is 12.0 Å². The molecule has 1 saturated heterocycles. The first-order valence-electron chi connectivity index (χ1n) is 7.55. The molecule has 1 N–H and O–H groups in total. The fourth-order valence-electron chi connectivity index (χ4n) is 2.84. The van der Waals surface area contributed by atoms with Crippen molar-refractivity contribution in [2.45, 2.75) is 24.5 Å². The van der Waals surface area contributed by atoms with Gasteiger partial charge in [-0.15, -0.1) is 0 Å². The highest BCUT2D eigenvalue weighted by atomic mass is 127. The van der Waals surface area contributed by atoms with Crippen LogP contribution in [-0.4, -0.2) is 45.5 Å². The van der Waals surface area contributed by atoms with Crippen LogP contribution in [0.4, 0.5) is 0 Å². The third-order valence-corrected chi connectivity index (χ3v) is 4.83. The zero-order valence-electron chi connectivity index (χ0n) is 12.7. The summed E-state index contributed by atoms with van der Waals surface area (Å²) in [6.45, 7) is -0.106. The highest BCUT2D eigenvalue weighted by molar-refractivity contribution is 14.1. The molecule has 0 saturated carbocycles. The van der Waals surface area contributed by atoms with E-state index in [0.717, 1.165) is 0 Å². The number of carbonyl (C=O) groups excluding carboxylic acids is 1. The van der Waals surface area contributed by atoms with Crippen molar-refractivity contribution in [2.75, 3.05) is 6.61 Å². The van der Waals surface area contributed by atoms with E-state index in [2.05, 4.69) is 4.98 Å². The Morgan fingerprint density at radius 3 is 2.88 bits per heavy atom. The molecule has 130 valence electrons. The monoisotopic (exact) mass is 456 g/mol. The van der Waals surface area contributed by atoms with Gasteiger partial charge in [-0.3, -0.25) is 9.36 Å². The van der Waals surface area contributed by atoms with Crippen LogP contribution < -0.4 is 10.3 Å². The molecule has 1 fully saturated rings. The summed E-state index contributed by atoms with van der Waals surface area (Å²) in [5.41, 5.74) is 0.0301. The summed E-state index contributed by atoms with van der Waals surface area (Å²) in [5.74, 6) is -0.491. The minimum absolute atomic E-state index is 0.106. The molecule has 4 unspecified atom stereocenters. The van der Waals surface area contributed by atoms with Gasteiger partial charge in [0, 0.05) is 6.20 Å². The Balaban J connectivity index is 1.45. The van der Waals surface area contributed by atoms with Gasteiger partial charge in [-0.2, -0.15) is 4.98 Å². The second kappa shape index (κ2) is 6.39. The summed E-state index contributed by atoms with van der Waals surface area (Å²) < 4.78 is 18.5. The Bertz CT molecular complexity index is 871. The van der Waals surface area contributed by atoms with E-state index in [0.29, 0.717) is 9.13 Å². The minimum Gasteiger partial charge on any atom is -0.459 e. The van der Waals surface area contributed by atoms with Crippen molar-refractivity contribution in [3.05, 3.63) is 56.0 Å². The summed E-state index contributed by atoms with van der Waals surface area (Å²) >= 11 is 1.88. The zero-order valence-corrected chi connectivity index (χ0v) is 14.9. The average Bonchev–Trinajstić information content (AvgIpc) is 3.11. The molecular weight excluding hydrogens is 443 g/mol. The lowest BCUT2D eigenvalue weighted by molar-refractivity contribution is -0.0512. The molecule has 2 aliphatic heterocycles. The molecule has 0 radical (unpaired) electrons. The molecule has 25 heavy (non-hydrogen) atoms. The molecule has 2 aliphatic rings. The number of benzene rings is 1. The number of fused-ring (bicyclic) bond motifs is 3. The number of aliphatic hydroxyl groups excluding tert-OH is 1. The quantitative estimate of drug-likeness (QED) is 0.537. The molecule has 0 aliphatic carbocycles. The molecule has 2 aromatic rings. The predicted molar refractivity (Wildman–Crippen MR) is 92.3 cm³/mol. The van der Waals surface area contributed by atoms with Crippen molar-refractivity contribution in [3.8, 4) is 6.01 Å². The molecule has 0 amide bonds. The average molecular weight is 456 g/mol. The van der Waals surface area contributed by atoms with Crippen LogP contribution in [0, 0.1) is 3.57 Å². The van der Waals surface area contributed by atoms with E-state index < -0.39 is 36.1 Å². The molecule has 4 rings (SSSR count). The van der Waals surface area contributed by atoms with Crippen LogP contribution in [0.5, 0.6) is 6.01 Å². The van der Waals surface area contributed by atoms with Crippen molar-refractivity contribution < 1.29 is 24.1 Å². The summed E-state index contributed by atoms with van der Waals surface area (Å²) in [6.07, 6.45) is -1.49. The fourth-order valence-corrected chi connectivity index (χ4v) is 3.26. The number of hydrogen-bond acceptors (Lipinski definition) is 7. The number of rotatable bonds is 3. The van der Waals surface area contributed by atoms with Gasteiger partial charge in [0.2, 0.25) is 0 Å². The number of aliphatic hydroxyl groups is 1. The van der Waals surface area contributed by atoms with Crippen molar-refractivity contribution in [3.63, 3.8) is 0 Å². The Labute approximate surface area is 155 Å². The van der Waals surface area contributed by atoms with E-state index in [4.69, 9.17) is 14.2 Å². The number of ether oxygens (including phenoxy) is 3. The number of carbonyl (C=O) groups is 1. The molecule has 0 spiro atoms. The highest BCUT2D eigenvalue weighted by Gasteiger charge is 2.51. The number of hydrogen-bond donors (Lipinski definition) is 1. The van der Waals surface area contributed by atoms with Gasteiger partial charge in [0.25, 0.3) is 5.56 Å². The van der Waals surface area contributed by atoms with Gasteiger partial charge in [0.05, 0.1) is 9.13 Å². The Hall–Kier alpha value is -1.98. The lowest BCUT2D eigenvalue weighted by atomic mass is 10.1. The van der Waals surface area contributed by atoms with Crippen molar-refractivity contribution >= 4 is 28.6 Å². The number of halogens is 1. The predicted octanol–water partition coefficient (Wildman–Crippen LogP) is 0.724. The van der Waals surface area contributed by atoms with E-state index in [9.17, 15) is 14.7 Å². The first-order chi connectivity index (χ1) is 12.0. The summed E-state index contributed by atoms with van der Waals surface area (Å²) in [5, 5.41) is 10.4. The van der Waals surface area contributed by atoms with Gasteiger partial charge in [0.1, 0.15) is 18.8 Å². The summed E-state index contributed by atoms with van der Waals surface area (Å²) in [7, 11) is 0. The van der Waals surface area contributed by atoms with Crippen molar-refractivity contribution in [1.82, 2.24) is 9.55 Å². The second-order valence-electron chi connectivity index (χ2n) is 5.69. The van der Waals surface area contributed by atoms with E-state index in [-0.39, 0.29) is 12.6 Å². The standard InChI is InChI=1S/C16H13IN2O6/c17-9-6-19-14-12(25-16(19)18-13(9)21)11(20)10(24-14)7-23-15(22)8-4-2-1-3-5-8/h1-6,10-12,14,20H,7H2. The second-order valence-corrected chi connectivity index (χ2v) is 6.85. The van der Waals surface area contributed by atoms with Gasteiger partial charge < -0.3 is 19.3 Å².